The fourth-order valence-electron chi connectivity index (χ4n) is 4.12. The Morgan fingerprint density at radius 3 is 2.94 bits per heavy atom. The first-order valence-corrected chi connectivity index (χ1v) is 11.1. The molecule has 31 heavy (non-hydrogen) atoms. The SMILES string of the molecule is CCc1cc(-c2c[nH]c(=O)c(N(CC)[C@@H]3CCCN(C(=O)/C=C/CNC)C3)c2)ccn1. The van der Waals surface area contributed by atoms with Crippen molar-refractivity contribution in [2.45, 2.75) is 39.2 Å². The Kier molecular flexibility index (Phi) is 8.00. The molecule has 1 aliphatic heterocycles. The number of piperidine rings is 1. The van der Waals surface area contributed by atoms with Crippen LogP contribution < -0.4 is 15.8 Å². The monoisotopic (exact) mass is 423 g/mol. The largest absolute Gasteiger partial charge is 0.363 e. The average Bonchev–Trinajstić information content (AvgIpc) is 2.81. The molecule has 3 rings (SSSR count). The van der Waals surface area contributed by atoms with Gasteiger partial charge in [0.15, 0.2) is 0 Å². The van der Waals surface area contributed by atoms with E-state index in [1.165, 1.54) is 0 Å². The van der Waals surface area contributed by atoms with Gasteiger partial charge in [-0.25, -0.2) is 0 Å². The molecule has 1 fully saturated rings. The van der Waals surface area contributed by atoms with Crippen LogP contribution in [0.5, 0.6) is 0 Å². The van der Waals surface area contributed by atoms with Gasteiger partial charge in [-0.3, -0.25) is 14.6 Å². The number of aromatic nitrogens is 2. The highest BCUT2D eigenvalue weighted by molar-refractivity contribution is 5.87. The fraction of sp³-hybridized carbons (Fsp3) is 0.458. The van der Waals surface area contributed by atoms with Crippen molar-refractivity contribution in [2.24, 2.45) is 0 Å². The maximum absolute atomic E-state index is 12.8. The highest BCUT2D eigenvalue weighted by Gasteiger charge is 2.28. The topological polar surface area (TPSA) is 81.3 Å². The summed E-state index contributed by atoms with van der Waals surface area (Å²) in [5, 5.41) is 3.01. The minimum atomic E-state index is -0.104. The first kappa shape index (κ1) is 22.7. The molecule has 2 aromatic heterocycles. The van der Waals surface area contributed by atoms with Crippen LogP contribution in [0.1, 0.15) is 32.4 Å². The van der Waals surface area contributed by atoms with Crippen LogP contribution in [0.15, 0.2) is 47.5 Å². The second-order valence-corrected chi connectivity index (χ2v) is 7.82. The smallest absolute Gasteiger partial charge is 0.271 e. The summed E-state index contributed by atoms with van der Waals surface area (Å²) in [5.41, 5.74) is 3.57. The quantitative estimate of drug-likeness (QED) is 0.638. The summed E-state index contributed by atoms with van der Waals surface area (Å²) in [6, 6.07) is 6.10. The number of amides is 1. The van der Waals surface area contributed by atoms with Gasteiger partial charge in [-0.05, 0) is 57.0 Å². The standard InChI is InChI=1S/C24H33N5O2/c1-4-20-14-18(10-12-26-20)19-15-22(24(31)27-16-19)29(5-2)21-8-7-13-28(17-21)23(30)9-6-11-25-3/h6,9-10,12,14-16,21,25H,4-5,7-8,11,13,17H2,1-3H3,(H,27,31)/b9-6+/t21-/m1/s1. The molecule has 1 aliphatic rings. The van der Waals surface area contributed by atoms with E-state index in [0.717, 1.165) is 42.6 Å². The van der Waals surface area contributed by atoms with Crippen LogP contribution in [-0.2, 0) is 11.2 Å². The summed E-state index contributed by atoms with van der Waals surface area (Å²) in [6.07, 6.45) is 9.79. The van der Waals surface area contributed by atoms with E-state index >= 15 is 0 Å². The fourth-order valence-corrected chi connectivity index (χ4v) is 4.12. The van der Waals surface area contributed by atoms with Gasteiger partial charge in [0.05, 0.1) is 0 Å². The number of carbonyl (C=O) groups is 1. The van der Waals surface area contributed by atoms with Crippen molar-refractivity contribution in [3.8, 4) is 11.1 Å². The molecular weight excluding hydrogens is 390 g/mol. The predicted octanol–water partition coefficient (Wildman–Crippen LogP) is 2.59. The summed E-state index contributed by atoms with van der Waals surface area (Å²) in [7, 11) is 1.85. The van der Waals surface area contributed by atoms with E-state index in [-0.39, 0.29) is 17.5 Å². The Balaban J connectivity index is 1.84. The van der Waals surface area contributed by atoms with Gasteiger partial charge in [0.25, 0.3) is 5.56 Å². The van der Waals surface area contributed by atoms with Gasteiger partial charge < -0.3 is 20.1 Å². The Morgan fingerprint density at radius 1 is 1.35 bits per heavy atom. The van der Waals surface area contributed by atoms with E-state index < -0.39 is 0 Å². The summed E-state index contributed by atoms with van der Waals surface area (Å²) in [5.74, 6) is 0.0301. The molecule has 1 atom stereocenters. The lowest BCUT2D eigenvalue weighted by atomic mass is 10.0. The zero-order valence-corrected chi connectivity index (χ0v) is 18.7. The normalized spacial score (nSPS) is 16.6. The van der Waals surface area contributed by atoms with Crippen molar-refractivity contribution in [1.82, 2.24) is 20.2 Å². The minimum absolute atomic E-state index is 0.0301. The van der Waals surface area contributed by atoms with Crippen LogP contribution in [0.3, 0.4) is 0 Å². The van der Waals surface area contributed by atoms with E-state index in [4.69, 9.17) is 0 Å². The van der Waals surface area contributed by atoms with Crippen LogP contribution in [0.25, 0.3) is 11.1 Å². The van der Waals surface area contributed by atoms with Gasteiger partial charge in [0, 0.05) is 61.9 Å². The van der Waals surface area contributed by atoms with Crippen LogP contribution in [0.4, 0.5) is 5.69 Å². The van der Waals surface area contributed by atoms with Crippen molar-refractivity contribution in [3.63, 3.8) is 0 Å². The second kappa shape index (κ2) is 10.9. The average molecular weight is 424 g/mol. The second-order valence-electron chi connectivity index (χ2n) is 7.82. The van der Waals surface area contributed by atoms with Crippen molar-refractivity contribution < 1.29 is 4.79 Å². The highest BCUT2D eigenvalue weighted by atomic mass is 16.2. The molecule has 7 heteroatoms. The molecule has 0 unspecified atom stereocenters. The number of pyridine rings is 2. The van der Waals surface area contributed by atoms with Gasteiger partial charge in [-0.15, -0.1) is 0 Å². The Labute approximate surface area is 184 Å². The predicted molar refractivity (Wildman–Crippen MR) is 125 cm³/mol. The van der Waals surface area contributed by atoms with Gasteiger partial charge in [-0.1, -0.05) is 13.0 Å². The van der Waals surface area contributed by atoms with E-state index in [2.05, 4.69) is 40.1 Å². The first-order valence-electron chi connectivity index (χ1n) is 11.1. The van der Waals surface area contributed by atoms with Crippen molar-refractivity contribution in [1.29, 1.82) is 0 Å². The molecular formula is C24H33N5O2. The maximum atomic E-state index is 12.8. The molecule has 0 radical (unpaired) electrons. The van der Waals surface area contributed by atoms with Crippen LogP contribution in [-0.4, -0.2) is 60.0 Å². The zero-order chi connectivity index (χ0) is 22.2. The van der Waals surface area contributed by atoms with Gasteiger partial charge in [0.1, 0.15) is 5.69 Å². The molecule has 1 amide bonds. The van der Waals surface area contributed by atoms with Crippen LogP contribution >= 0.6 is 0 Å². The number of rotatable bonds is 8. The Bertz CT molecular complexity index is 968. The Hall–Kier alpha value is -2.93. The minimum Gasteiger partial charge on any atom is -0.363 e. The zero-order valence-electron chi connectivity index (χ0n) is 18.7. The number of carbonyl (C=O) groups excluding carboxylic acids is 1. The summed E-state index contributed by atoms with van der Waals surface area (Å²) < 4.78 is 0. The molecule has 0 saturated carbocycles. The molecule has 0 bridgehead atoms. The highest BCUT2D eigenvalue weighted by Crippen LogP contribution is 2.25. The third-order valence-corrected chi connectivity index (χ3v) is 5.78. The molecule has 166 valence electrons. The Morgan fingerprint density at radius 2 is 2.19 bits per heavy atom. The molecule has 1 saturated heterocycles. The number of aromatic amines is 1. The number of anilines is 1. The molecule has 0 aliphatic carbocycles. The van der Waals surface area contributed by atoms with E-state index in [1.54, 1.807) is 12.3 Å². The maximum Gasteiger partial charge on any atom is 0.271 e. The summed E-state index contributed by atoms with van der Waals surface area (Å²) >= 11 is 0. The summed E-state index contributed by atoms with van der Waals surface area (Å²) in [4.78, 5) is 36.6. The lowest BCUT2D eigenvalue weighted by molar-refractivity contribution is -0.127. The van der Waals surface area contributed by atoms with Crippen molar-refractivity contribution in [3.05, 3.63) is 58.8 Å². The van der Waals surface area contributed by atoms with Crippen molar-refractivity contribution in [2.75, 3.05) is 38.1 Å². The van der Waals surface area contributed by atoms with Crippen LogP contribution in [0.2, 0.25) is 0 Å². The van der Waals surface area contributed by atoms with Crippen molar-refractivity contribution >= 4 is 11.6 Å². The van der Waals surface area contributed by atoms with Gasteiger partial charge in [-0.2, -0.15) is 0 Å². The summed E-state index contributed by atoms with van der Waals surface area (Å²) in [6.45, 7) is 6.88. The van der Waals surface area contributed by atoms with Gasteiger partial charge in [0.2, 0.25) is 5.91 Å². The number of aryl methyl sites for hydroxylation is 1. The van der Waals surface area contributed by atoms with E-state index in [0.29, 0.717) is 25.3 Å². The number of H-pyrrole nitrogens is 1. The molecule has 0 aromatic carbocycles. The van der Waals surface area contributed by atoms with E-state index in [1.807, 2.05) is 36.4 Å². The third-order valence-electron chi connectivity index (χ3n) is 5.78. The molecule has 7 nitrogen and oxygen atoms in total. The molecule has 0 spiro atoms. The third kappa shape index (κ3) is 5.61. The molecule has 3 heterocycles. The number of likely N-dealkylation sites (tertiary alicyclic amines) is 1. The number of hydrogen-bond acceptors (Lipinski definition) is 5. The number of likely N-dealkylation sites (N-methyl/N-ethyl adjacent to an activating group) is 2. The van der Waals surface area contributed by atoms with Crippen LogP contribution in [0, 0.1) is 0 Å². The molecule has 2 N–H and O–H groups in total. The number of nitrogens with one attached hydrogen (secondary N) is 2. The van der Waals surface area contributed by atoms with E-state index in [9.17, 15) is 9.59 Å². The lowest BCUT2D eigenvalue weighted by Crippen LogP contribution is -2.50. The number of nitrogens with zero attached hydrogens (tertiary/aromatic N) is 3. The lowest BCUT2D eigenvalue weighted by Gasteiger charge is -2.39. The first-order chi connectivity index (χ1) is 15.1. The number of hydrogen-bond donors (Lipinski definition) is 2. The molecule has 2 aromatic rings. The van der Waals surface area contributed by atoms with Gasteiger partial charge >= 0.3 is 0 Å².